The van der Waals surface area contributed by atoms with E-state index in [9.17, 15) is 0 Å². The Hall–Kier alpha value is -0.470. The molecule has 54 valence electrons. The van der Waals surface area contributed by atoms with Crippen molar-refractivity contribution in [3.63, 3.8) is 0 Å². The molecule has 10 heavy (non-hydrogen) atoms. The molecule has 1 aromatic rings. The molecular formula is C8H10OS. The van der Waals surface area contributed by atoms with E-state index in [-0.39, 0.29) is 0 Å². The predicted molar refractivity (Wildman–Crippen MR) is 44.4 cm³/mol. The van der Waals surface area contributed by atoms with Crippen molar-refractivity contribution in [2.45, 2.75) is 11.5 Å². The van der Waals surface area contributed by atoms with Crippen molar-refractivity contribution in [2.75, 3.05) is 7.11 Å². The lowest BCUT2D eigenvalue weighted by Gasteiger charge is -2.00. The molecule has 0 unspecified atom stereocenters. The van der Waals surface area contributed by atoms with Gasteiger partial charge in [0, 0.05) is 12.0 Å². The number of thiol groups is 1. The first-order valence-electron chi connectivity index (χ1n) is 3.10. The second-order valence-corrected chi connectivity index (χ2v) is 2.54. The first kappa shape index (κ1) is 7.63. The lowest BCUT2D eigenvalue weighted by molar-refractivity contribution is 0.183. The Kier molecular flexibility index (Phi) is 2.78. The van der Waals surface area contributed by atoms with Crippen molar-refractivity contribution < 1.29 is 4.74 Å². The Morgan fingerprint density at radius 2 is 2.10 bits per heavy atom. The molecule has 1 aromatic carbocycles. The Labute approximate surface area is 66.4 Å². The van der Waals surface area contributed by atoms with Gasteiger partial charge in [0.05, 0.1) is 6.61 Å². The van der Waals surface area contributed by atoms with E-state index < -0.39 is 0 Å². The van der Waals surface area contributed by atoms with Crippen molar-refractivity contribution in [1.29, 1.82) is 0 Å². The van der Waals surface area contributed by atoms with Crippen molar-refractivity contribution in [1.82, 2.24) is 0 Å². The summed E-state index contributed by atoms with van der Waals surface area (Å²) in [4.78, 5) is 0.990. The summed E-state index contributed by atoms with van der Waals surface area (Å²) in [5.74, 6) is 0. The molecule has 0 saturated heterocycles. The van der Waals surface area contributed by atoms with Gasteiger partial charge in [-0.3, -0.25) is 0 Å². The van der Waals surface area contributed by atoms with Crippen molar-refractivity contribution in [3.05, 3.63) is 29.8 Å². The number of methoxy groups -OCH3 is 1. The molecule has 2 heteroatoms. The summed E-state index contributed by atoms with van der Waals surface area (Å²) in [7, 11) is 1.68. The molecule has 0 radical (unpaired) electrons. The predicted octanol–water partition coefficient (Wildman–Crippen LogP) is 2.12. The number of hydrogen-bond acceptors (Lipinski definition) is 2. The largest absolute Gasteiger partial charge is 0.380 e. The van der Waals surface area contributed by atoms with Crippen LogP contribution in [0.25, 0.3) is 0 Å². The van der Waals surface area contributed by atoms with Gasteiger partial charge in [-0.2, -0.15) is 0 Å². The van der Waals surface area contributed by atoms with Gasteiger partial charge in [0.1, 0.15) is 0 Å². The van der Waals surface area contributed by atoms with E-state index in [0.29, 0.717) is 6.61 Å². The SMILES string of the molecule is COCc1ccccc1S. The van der Waals surface area contributed by atoms with E-state index in [4.69, 9.17) is 4.74 Å². The fourth-order valence-corrected chi connectivity index (χ4v) is 1.01. The lowest BCUT2D eigenvalue weighted by Crippen LogP contribution is -1.87. The van der Waals surface area contributed by atoms with Gasteiger partial charge in [-0.05, 0) is 11.6 Å². The Bertz CT molecular complexity index is 210. The summed E-state index contributed by atoms with van der Waals surface area (Å²) in [5, 5.41) is 0. The third-order valence-electron chi connectivity index (χ3n) is 1.29. The molecule has 0 bridgehead atoms. The minimum atomic E-state index is 0.639. The third kappa shape index (κ3) is 1.75. The van der Waals surface area contributed by atoms with Crippen molar-refractivity contribution in [3.8, 4) is 0 Å². The second-order valence-electron chi connectivity index (χ2n) is 2.06. The Morgan fingerprint density at radius 1 is 1.40 bits per heavy atom. The van der Waals surface area contributed by atoms with Crippen LogP contribution >= 0.6 is 12.6 Å². The van der Waals surface area contributed by atoms with Crippen molar-refractivity contribution >= 4 is 12.6 Å². The summed E-state index contributed by atoms with van der Waals surface area (Å²) in [6, 6.07) is 7.90. The van der Waals surface area contributed by atoms with Crippen LogP contribution < -0.4 is 0 Å². The summed E-state index contributed by atoms with van der Waals surface area (Å²) in [5.41, 5.74) is 1.13. The first-order chi connectivity index (χ1) is 4.84. The quantitative estimate of drug-likeness (QED) is 0.642. The Balaban J connectivity index is 2.81. The van der Waals surface area contributed by atoms with Gasteiger partial charge in [0.2, 0.25) is 0 Å². The minimum absolute atomic E-state index is 0.639. The van der Waals surface area contributed by atoms with Gasteiger partial charge in [-0.15, -0.1) is 12.6 Å². The highest BCUT2D eigenvalue weighted by Crippen LogP contribution is 2.12. The smallest absolute Gasteiger partial charge is 0.0723 e. The molecule has 0 spiro atoms. The van der Waals surface area contributed by atoms with Gasteiger partial charge in [0.25, 0.3) is 0 Å². The molecule has 0 aromatic heterocycles. The summed E-state index contributed by atoms with van der Waals surface area (Å²) < 4.78 is 4.96. The topological polar surface area (TPSA) is 9.23 Å². The van der Waals surface area contributed by atoms with Crippen LogP contribution in [0.5, 0.6) is 0 Å². The molecule has 1 nitrogen and oxygen atoms in total. The number of rotatable bonds is 2. The summed E-state index contributed by atoms with van der Waals surface area (Å²) in [6.45, 7) is 0.639. The van der Waals surface area contributed by atoms with Crippen LogP contribution in [-0.4, -0.2) is 7.11 Å². The minimum Gasteiger partial charge on any atom is -0.380 e. The molecule has 0 N–H and O–H groups in total. The molecular weight excluding hydrogens is 144 g/mol. The zero-order valence-corrected chi connectivity index (χ0v) is 6.77. The van der Waals surface area contributed by atoms with Crippen LogP contribution in [0.4, 0.5) is 0 Å². The normalized spacial score (nSPS) is 9.80. The van der Waals surface area contributed by atoms with Crippen LogP contribution in [0.15, 0.2) is 29.2 Å². The average Bonchev–Trinajstić information content (AvgIpc) is 1.94. The number of ether oxygens (including phenoxy) is 1. The molecule has 0 aliphatic carbocycles. The van der Waals surface area contributed by atoms with E-state index in [1.807, 2.05) is 24.3 Å². The molecule has 0 heterocycles. The van der Waals surface area contributed by atoms with Crippen LogP contribution in [0, 0.1) is 0 Å². The molecule has 0 fully saturated rings. The maximum atomic E-state index is 4.96. The van der Waals surface area contributed by atoms with E-state index in [2.05, 4.69) is 12.6 Å². The molecule has 0 aliphatic rings. The fourth-order valence-electron chi connectivity index (χ4n) is 0.788. The first-order valence-corrected chi connectivity index (χ1v) is 3.55. The van der Waals surface area contributed by atoms with Crippen LogP contribution in [-0.2, 0) is 11.3 Å². The maximum Gasteiger partial charge on any atom is 0.0723 e. The lowest BCUT2D eigenvalue weighted by atomic mass is 10.2. The third-order valence-corrected chi connectivity index (χ3v) is 1.73. The Morgan fingerprint density at radius 3 is 2.70 bits per heavy atom. The van der Waals surface area contributed by atoms with Crippen LogP contribution in [0.1, 0.15) is 5.56 Å². The van der Waals surface area contributed by atoms with Gasteiger partial charge >= 0.3 is 0 Å². The standard InChI is InChI=1S/C8H10OS/c1-9-6-7-4-2-3-5-8(7)10/h2-5,10H,6H2,1H3. The van der Waals surface area contributed by atoms with E-state index in [1.165, 1.54) is 0 Å². The highest BCUT2D eigenvalue weighted by Gasteiger charge is 1.93. The molecule has 0 saturated carbocycles. The zero-order chi connectivity index (χ0) is 7.40. The van der Waals surface area contributed by atoms with Gasteiger partial charge in [-0.25, -0.2) is 0 Å². The number of hydrogen-bond donors (Lipinski definition) is 1. The monoisotopic (exact) mass is 154 g/mol. The van der Waals surface area contributed by atoms with E-state index >= 15 is 0 Å². The second kappa shape index (κ2) is 3.64. The molecule has 0 aliphatic heterocycles. The average molecular weight is 154 g/mol. The van der Waals surface area contributed by atoms with Crippen molar-refractivity contribution in [2.24, 2.45) is 0 Å². The van der Waals surface area contributed by atoms with Crippen LogP contribution in [0.3, 0.4) is 0 Å². The van der Waals surface area contributed by atoms with E-state index in [1.54, 1.807) is 7.11 Å². The molecule has 0 amide bonds. The fraction of sp³-hybridized carbons (Fsp3) is 0.250. The molecule has 1 rings (SSSR count). The van der Waals surface area contributed by atoms with Gasteiger partial charge in [-0.1, -0.05) is 18.2 Å². The summed E-state index contributed by atoms with van der Waals surface area (Å²) in [6.07, 6.45) is 0. The zero-order valence-electron chi connectivity index (χ0n) is 5.87. The highest BCUT2D eigenvalue weighted by atomic mass is 32.1. The van der Waals surface area contributed by atoms with Gasteiger partial charge in [0.15, 0.2) is 0 Å². The van der Waals surface area contributed by atoms with Crippen LogP contribution in [0.2, 0.25) is 0 Å². The summed E-state index contributed by atoms with van der Waals surface area (Å²) >= 11 is 4.25. The van der Waals surface area contributed by atoms with Gasteiger partial charge < -0.3 is 4.74 Å². The van der Waals surface area contributed by atoms with E-state index in [0.717, 1.165) is 10.5 Å². The number of benzene rings is 1. The maximum absolute atomic E-state index is 4.96. The highest BCUT2D eigenvalue weighted by molar-refractivity contribution is 7.80. The molecule has 0 atom stereocenters.